The van der Waals surface area contributed by atoms with Crippen molar-refractivity contribution < 1.29 is 0 Å². The number of aromatic nitrogens is 2. The fraction of sp³-hybridized carbons (Fsp3) is 0.600. The molecule has 0 amide bonds. The molecule has 1 atom stereocenters. The highest BCUT2D eigenvalue weighted by atomic mass is 79.9. The molecule has 15 heavy (non-hydrogen) atoms. The van der Waals surface area contributed by atoms with Crippen molar-refractivity contribution in [1.82, 2.24) is 9.97 Å². The number of thioether (sulfide) groups is 1. The van der Waals surface area contributed by atoms with Crippen LogP contribution in [-0.4, -0.2) is 15.7 Å². The Labute approximate surface area is 107 Å². The van der Waals surface area contributed by atoms with Gasteiger partial charge >= 0.3 is 0 Å². The van der Waals surface area contributed by atoms with Crippen LogP contribution in [0, 0.1) is 11.6 Å². The van der Waals surface area contributed by atoms with Crippen molar-refractivity contribution >= 4 is 39.9 Å². The second-order valence-electron chi connectivity index (χ2n) is 3.72. The summed E-state index contributed by atoms with van der Waals surface area (Å²) in [7, 11) is 0. The van der Waals surface area contributed by atoms with Crippen molar-refractivity contribution in [3.63, 3.8) is 0 Å². The van der Waals surface area contributed by atoms with Crippen LogP contribution in [0.4, 0.5) is 0 Å². The zero-order chi connectivity index (χ0) is 10.8. The molecule has 1 N–H and O–H groups in total. The average Bonchev–Trinajstić information content (AvgIpc) is 2.26. The van der Waals surface area contributed by atoms with E-state index in [0.29, 0.717) is 9.89 Å². The highest BCUT2D eigenvalue weighted by Crippen LogP contribution is 2.36. The minimum atomic E-state index is 0.507. The molecule has 0 bridgehead atoms. The molecule has 1 saturated heterocycles. The molecule has 1 fully saturated rings. The summed E-state index contributed by atoms with van der Waals surface area (Å²) in [6.07, 6.45) is 3.84. The number of halogens is 1. The number of nitrogens with zero attached hydrogens (tertiary/aromatic N) is 1. The molecule has 1 aromatic heterocycles. The number of rotatable bonds is 1. The van der Waals surface area contributed by atoms with E-state index in [-0.39, 0.29) is 0 Å². The molecule has 2 rings (SSSR count). The van der Waals surface area contributed by atoms with Gasteiger partial charge in [-0.3, -0.25) is 0 Å². The van der Waals surface area contributed by atoms with E-state index in [1.807, 2.05) is 18.7 Å². The minimum Gasteiger partial charge on any atom is -0.345 e. The van der Waals surface area contributed by atoms with Gasteiger partial charge in [-0.05, 0) is 41.4 Å². The number of aryl methyl sites for hydroxylation is 1. The summed E-state index contributed by atoms with van der Waals surface area (Å²) in [6, 6.07) is 0. The Morgan fingerprint density at radius 2 is 2.33 bits per heavy atom. The van der Waals surface area contributed by atoms with Gasteiger partial charge in [-0.2, -0.15) is 11.8 Å². The second kappa shape index (κ2) is 4.97. The molecule has 1 aromatic rings. The van der Waals surface area contributed by atoms with Crippen LogP contribution in [0.2, 0.25) is 0 Å². The maximum atomic E-state index is 5.21. The normalized spacial score (nSPS) is 21.6. The van der Waals surface area contributed by atoms with E-state index in [0.717, 1.165) is 16.0 Å². The molecule has 0 radical (unpaired) electrons. The maximum Gasteiger partial charge on any atom is 0.144 e. The fourth-order valence-corrected chi connectivity index (χ4v) is 3.40. The Bertz CT molecular complexity index is 410. The van der Waals surface area contributed by atoms with Gasteiger partial charge < -0.3 is 4.98 Å². The first-order chi connectivity index (χ1) is 7.18. The van der Waals surface area contributed by atoms with Gasteiger partial charge in [0.25, 0.3) is 0 Å². The zero-order valence-electron chi connectivity index (χ0n) is 8.55. The Morgan fingerprint density at radius 1 is 1.53 bits per heavy atom. The Balaban J connectivity index is 2.32. The third-order valence-corrected chi connectivity index (χ3v) is 5.45. The summed E-state index contributed by atoms with van der Waals surface area (Å²) in [4.78, 5) is 7.79. The predicted molar refractivity (Wildman–Crippen MR) is 70.9 cm³/mol. The van der Waals surface area contributed by atoms with Gasteiger partial charge in [-0.1, -0.05) is 18.6 Å². The van der Waals surface area contributed by atoms with Crippen molar-refractivity contribution in [2.24, 2.45) is 0 Å². The molecule has 5 heteroatoms. The molecule has 1 aliphatic rings. The summed E-state index contributed by atoms with van der Waals surface area (Å²) in [6.45, 7) is 2.03. The van der Waals surface area contributed by atoms with Crippen molar-refractivity contribution in [2.45, 2.75) is 31.4 Å². The van der Waals surface area contributed by atoms with E-state index in [1.54, 1.807) is 0 Å². The Morgan fingerprint density at radius 3 is 2.93 bits per heavy atom. The number of aromatic amines is 1. The Kier molecular flexibility index (Phi) is 3.85. The first-order valence-electron chi connectivity index (χ1n) is 5.06. The first kappa shape index (κ1) is 11.6. The second-order valence-corrected chi connectivity index (χ2v) is 6.21. The molecule has 0 aromatic carbocycles. The van der Waals surface area contributed by atoms with Gasteiger partial charge in [-0.25, -0.2) is 4.98 Å². The number of hydrogen-bond donors (Lipinski definition) is 1. The van der Waals surface area contributed by atoms with Gasteiger partial charge in [0.1, 0.15) is 10.5 Å². The summed E-state index contributed by atoms with van der Waals surface area (Å²) >= 11 is 10.6. The monoisotopic (exact) mass is 304 g/mol. The molecule has 1 unspecified atom stereocenters. The van der Waals surface area contributed by atoms with Gasteiger partial charge in [0.15, 0.2) is 0 Å². The van der Waals surface area contributed by atoms with Crippen LogP contribution < -0.4 is 0 Å². The minimum absolute atomic E-state index is 0.507. The van der Waals surface area contributed by atoms with Crippen molar-refractivity contribution in [2.75, 3.05) is 5.75 Å². The third kappa shape index (κ3) is 2.63. The molecule has 1 aliphatic heterocycles. The highest BCUT2D eigenvalue weighted by molar-refractivity contribution is 9.10. The van der Waals surface area contributed by atoms with Crippen molar-refractivity contribution in [3.8, 4) is 0 Å². The number of H-pyrrole nitrogens is 1. The van der Waals surface area contributed by atoms with E-state index in [4.69, 9.17) is 12.2 Å². The standard InChI is InChI=1S/C10H13BrN2S2/c1-6-8(11)10(14)13-9(12-6)7-4-2-3-5-15-7/h7H,2-5H2,1H3,(H,12,13,14). The number of nitrogens with one attached hydrogen (secondary N) is 1. The SMILES string of the molecule is Cc1[nH]c(C2CCCCS2)nc(=S)c1Br. The zero-order valence-corrected chi connectivity index (χ0v) is 11.8. The largest absolute Gasteiger partial charge is 0.345 e. The lowest BCUT2D eigenvalue weighted by molar-refractivity contribution is 0.658. The summed E-state index contributed by atoms with van der Waals surface area (Å²) in [5.41, 5.74) is 1.08. The molecule has 82 valence electrons. The van der Waals surface area contributed by atoms with E-state index in [2.05, 4.69) is 25.9 Å². The summed E-state index contributed by atoms with van der Waals surface area (Å²) in [5, 5.41) is 0.507. The van der Waals surface area contributed by atoms with Crippen LogP contribution in [0.15, 0.2) is 4.47 Å². The first-order valence-corrected chi connectivity index (χ1v) is 7.31. The van der Waals surface area contributed by atoms with Crippen LogP contribution in [0.1, 0.15) is 36.0 Å². The smallest absolute Gasteiger partial charge is 0.144 e. The summed E-state index contributed by atoms with van der Waals surface area (Å²) in [5.74, 6) is 2.28. The predicted octanol–water partition coefficient (Wildman–Crippen LogP) is 4.17. The fourth-order valence-electron chi connectivity index (χ4n) is 1.70. The van der Waals surface area contributed by atoms with E-state index in [1.165, 1.54) is 25.0 Å². The van der Waals surface area contributed by atoms with Gasteiger partial charge in [-0.15, -0.1) is 0 Å². The Hall–Kier alpha value is 0.130. The van der Waals surface area contributed by atoms with Gasteiger partial charge in [0.2, 0.25) is 0 Å². The van der Waals surface area contributed by atoms with E-state index >= 15 is 0 Å². The van der Waals surface area contributed by atoms with Crippen LogP contribution >= 0.6 is 39.9 Å². The van der Waals surface area contributed by atoms with Crippen LogP contribution in [0.3, 0.4) is 0 Å². The lowest BCUT2D eigenvalue weighted by atomic mass is 10.2. The lowest BCUT2D eigenvalue weighted by Gasteiger charge is -2.20. The third-order valence-electron chi connectivity index (χ3n) is 2.54. The quantitative estimate of drug-likeness (QED) is 0.790. The molecule has 0 spiro atoms. The van der Waals surface area contributed by atoms with Gasteiger partial charge in [0.05, 0.1) is 9.72 Å². The maximum absolute atomic E-state index is 5.21. The number of hydrogen-bond acceptors (Lipinski definition) is 3. The topological polar surface area (TPSA) is 28.7 Å². The average molecular weight is 305 g/mol. The van der Waals surface area contributed by atoms with Crippen LogP contribution in [0.25, 0.3) is 0 Å². The van der Waals surface area contributed by atoms with Crippen LogP contribution in [-0.2, 0) is 0 Å². The molecule has 2 nitrogen and oxygen atoms in total. The van der Waals surface area contributed by atoms with Crippen molar-refractivity contribution in [1.29, 1.82) is 0 Å². The highest BCUT2D eigenvalue weighted by Gasteiger charge is 2.18. The summed E-state index contributed by atoms with van der Waals surface area (Å²) < 4.78 is 1.59. The molecule has 2 heterocycles. The van der Waals surface area contributed by atoms with Crippen LogP contribution in [0.5, 0.6) is 0 Å². The van der Waals surface area contributed by atoms with Crippen molar-refractivity contribution in [3.05, 3.63) is 20.6 Å². The van der Waals surface area contributed by atoms with Gasteiger partial charge in [0, 0.05) is 5.69 Å². The molecular weight excluding hydrogens is 292 g/mol. The molecule has 0 saturated carbocycles. The van der Waals surface area contributed by atoms with E-state index < -0.39 is 0 Å². The molecule has 0 aliphatic carbocycles. The van der Waals surface area contributed by atoms with E-state index in [9.17, 15) is 0 Å². The molecular formula is C10H13BrN2S2. The lowest BCUT2D eigenvalue weighted by Crippen LogP contribution is -2.08.